The molecule has 1 aromatic rings. The van der Waals surface area contributed by atoms with Crippen molar-refractivity contribution in [1.82, 2.24) is 4.98 Å². The van der Waals surface area contributed by atoms with Crippen molar-refractivity contribution < 1.29 is 4.79 Å². The number of carbonyl (C=O) groups excluding carboxylic acids is 1. The minimum atomic E-state index is 0.349. The molecule has 1 heterocycles. The van der Waals surface area contributed by atoms with E-state index in [1.54, 1.807) is 6.20 Å². The quantitative estimate of drug-likeness (QED) is 0.835. The average Bonchev–Trinajstić information content (AvgIpc) is 2.37. The molecule has 0 unspecified atom stereocenters. The SMILES string of the molecule is O=C(Cc1cncc(Br)c1)C1C2CC3CC(C2)CC1C3. The van der Waals surface area contributed by atoms with Crippen LogP contribution in [0.5, 0.6) is 0 Å². The number of pyridine rings is 1. The lowest BCUT2D eigenvalue weighted by Gasteiger charge is -2.53. The van der Waals surface area contributed by atoms with Crippen molar-refractivity contribution in [2.75, 3.05) is 0 Å². The van der Waals surface area contributed by atoms with Crippen LogP contribution >= 0.6 is 15.9 Å². The second kappa shape index (κ2) is 4.94. The van der Waals surface area contributed by atoms with Gasteiger partial charge in [-0.15, -0.1) is 0 Å². The first-order valence-electron chi connectivity index (χ1n) is 7.81. The summed E-state index contributed by atoms with van der Waals surface area (Å²) >= 11 is 3.44. The van der Waals surface area contributed by atoms with Crippen molar-refractivity contribution in [3.63, 3.8) is 0 Å². The van der Waals surface area contributed by atoms with E-state index < -0.39 is 0 Å². The Hall–Kier alpha value is -0.700. The predicted octanol–water partition coefficient (Wildman–Crippen LogP) is 4.03. The lowest BCUT2D eigenvalue weighted by molar-refractivity contribution is -0.135. The smallest absolute Gasteiger partial charge is 0.140 e. The first-order valence-corrected chi connectivity index (χ1v) is 8.60. The zero-order valence-electron chi connectivity index (χ0n) is 11.6. The van der Waals surface area contributed by atoms with Crippen LogP contribution in [-0.4, -0.2) is 10.8 Å². The molecule has 4 aliphatic rings. The highest BCUT2D eigenvalue weighted by atomic mass is 79.9. The Balaban J connectivity index is 1.51. The Morgan fingerprint density at radius 3 is 2.35 bits per heavy atom. The first kappa shape index (κ1) is 13.0. The van der Waals surface area contributed by atoms with Crippen LogP contribution < -0.4 is 0 Å². The van der Waals surface area contributed by atoms with Crippen LogP contribution in [0.15, 0.2) is 22.9 Å². The van der Waals surface area contributed by atoms with E-state index in [2.05, 4.69) is 20.9 Å². The molecule has 2 nitrogen and oxygen atoms in total. The van der Waals surface area contributed by atoms with Crippen molar-refractivity contribution in [2.45, 2.75) is 38.5 Å². The fraction of sp³-hybridized carbons (Fsp3) is 0.647. The molecule has 4 fully saturated rings. The molecule has 4 saturated carbocycles. The molecule has 0 spiro atoms. The van der Waals surface area contributed by atoms with Crippen LogP contribution in [0.1, 0.15) is 37.7 Å². The van der Waals surface area contributed by atoms with E-state index >= 15 is 0 Å². The number of Topliss-reactive ketones (excluding diaryl/α,β-unsaturated/α-hetero) is 1. The average molecular weight is 334 g/mol. The molecule has 1 aromatic heterocycles. The molecule has 0 aliphatic heterocycles. The molecule has 0 aromatic carbocycles. The maximum absolute atomic E-state index is 12.8. The van der Waals surface area contributed by atoms with E-state index in [1.807, 2.05) is 12.3 Å². The van der Waals surface area contributed by atoms with Gasteiger partial charge in [0.15, 0.2) is 0 Å². The highest BCUT2D eigenvalue weighted by Crippen LogP contribution is 2.56. The fourth-order valence-corrected chi connectivity index (χ4v) is 5.73. The zero-order chi connectivity index (χ0) is 13.7. The van der Waals surface area contributed by atoms with Gasteiger partial charge in [-0.1, -0.05) is 0 Å². The Kier molecular flexibility index (Phi) is 3.21. The van der Waals surface area contributed by atoms with Gasteiger partial charge in [-0.3, -0.25) is 9.78 Å². The summed E-state index contributed by atoms with van der Waals surface area (Å²) < 4.78 is 0.966. The lowest BCUT2D eigenvalue weighted by Crippen LogP contribution is -2.48. The predicted molar refractivity (Wildman–Crippen MR) is 81.2 cm³/mol. The molecule has 4 bridgehead atoms. The van der Waals surface area contributed by atoms with E-state index in [0.29, 0.717) is 30.0 Å². The number of halogens is 1. The van der Waals surface area contributed by atoms with Crippen LogP contribution in [0.3, 0.4) is 0 Å². The third-order valence-corrected chi connectivity index (χ3v) is 6.17. The van der Waals surface area contributed by atoms with Crippen LogP contribution in [0, 0.1) is 29.6 Å². The van der Waals surface area contributed by atoms with Gasteiger partial charge in [-0.2, -0.15) is 0 Å². The van der Waals surface area contributed by atoms with Gasteiger partial charge in [0.2, 0.25) is 0 Å². The summed E-state index contributed by atoms with van der Waals surface area (Å²) in [5, 5.41) is 0. The van der Waals surface area contributed by atoms with Gasteiger partial charge in [0, 0.05) is 29.2 Å². The van der Waals surface area contributed by atoms with Gasteiger partial charge < -0.3 is 0 Å². The molecule has 0 saturated heterocycles. The van der Waals surface area contributed by atoms with E-state index in [9.17, 15) is 4.79 Å². The number of nitrogens with zero attached hydrogens (tertiary/aromatic N) is 1. The molecule has 4 aliphatic carbocycles. The summed E-state index contributed by atoms with van der Waals surface area (Å²) in [6.45, 7) is 0. The van der Waals surface area contributed by atoms with Crippen LogP contribution in [0.25, 0.3) is 0 Å². The summed E-state index contributed by atoms with van der Waals surface area (Å²) in [5.41, 5.74) is 1.05. The monoisotopic (exact) mass is 333 g/mol. The molecule has 0 N–H and O–H groups in total. The summed E-state index contributed by atoms with van der Waals surface area (Å²) in [4.78, 5) is 16.9. The summed E-state index contributed by atoms with van der Waals surface area (Å²) in [5.74, 6) is 4.08. The summed E-state index contributed by atoms with van der Waals surface area (Å²) in [7, 11) is 0. The van der Waals surface area contributed by atoms with E-state index in [0.717, 1.165) is 21.9 Å². The highest BCUT2D eigenvalue weighted by Gasteiger charge is 2.50. The van der Waals surface area contributed by atoms with Crippen molar-refractivity contribution in [3.8, 4) is 0 Å². The number of ketones is 1. The molecule has 3 heteroatoms. The van der Waals surface area contributed by atoms with Crippen LogP contribution in [0.2, 0.25) is 0 Å². The Morgan fingerprint density at radius 2 is 1.75 bits per heavy atom. The maximum Gasteiger partial charge on any atom is 0.140 e. The molecule has 106 valence electrons. The minimum Gasteiger partial charge on any atom is -0.299 e. The molecular formula is C17H20BrNO. The van der Waals surface area contributed by atoms with Crippen LogP contribution in [0.4, 0.5) is 0 Å². The van der Waals surface area contributed by atoms with Crippen molar-refractivity contribution in [1.29, 1.82) is 0 Å². The van der Waals surface area contributed by atoms with Gasteiger partial charge in [-0.05, 0) is 83.3 Å². The normalized spacial score (nSPS) is 38.1. The van der Waals surface area contributed by atoms with E-state index in [4.69, 9.17) is 0 Å². The Morgan fingerprint density at radius 1 is 1.10 bits per heavy atom. The van der Waals surface area contributed by atoms with Crippen molar-refractivity contribution >= 4 is 21.7 Å². The third kappa shape index (κ3) is 2.24. The van der Waals surface area contributed by atoms with E-state index in [-0.39, 0.29) is 0 Å². The number of aromatic nitrogens is 1. The first-order chi connectivity index (χ1) is 9.69. The molecule has 0 radical (unpaired) electrons. The lowest BCUT2D eigenvalue weighted by atomic mass is 9.51. The number of hydrogen-bond donors (Lipinski definition) is 0. The molecule has 20 heavy (non-hydrogen) atoms. The van der Waals surface area contributed by atoms with E-state index in [1.165, 1.54) is 32.1 Å². The third-order valence-electron chi connectivity index (χ3n) is 5.74. The van der Waals surface area contributed by atoms with Gasteiger partial charge in [0.05, 0.1) is 0 Å². The fourth-order valence-electron chi connectivity index (χ4n) is 5.32. The van der Waals surface area contributed by atoms with Gasteiger partial charge in [0.1, 0.15) is 5.78 Å². The summed E-state index contributed by atoms with van der Waals surface area (Å²) in [6, 6.07) is 2.03. The van der Waals surface area contributed by atoms with Gasteiger partial charge in [0.25, 0.3) is 0 Å². The summed E-state index contributed by atoms with van der Waals surface area (Å²) in [6.07, 6.45) is 10.9. The Labute approximate surface area is 128 Å². The van der Waals surface area contributed by atoms with Crippen LogP contribution in [-0.2, 0) is 11.2 Å². The molecular weight excluding hydrogens is 314 g/mol. The van der Waals surface area contributed by atoms with Gasteiger partial charge >= 0.3 is 0 Å². The van der Waals surface area contributed by atoms with Crippen molar-refractivity contribution in [3.05, 3.63) is 28.5 Å². The molecule has 0 amide bonds. The largest absolute Gasteiger partial charge is 0.299 e. The topological polar surface area (TPSA) is 30.0 Å². The number of hydrogen-bond acceptors (Lipinski definition) is 2. The second-order valence-electron chi connectivity index (χ2n) is 7.11. The molecule has 0 atom stereocenters. The Bertz CT molecular complexity index is 514. The number of rotatable bonds is 3. The molecule has 5 rings (SSSR count). The van der Waals surface area contributed by atoms with Crippen molar-refractivity contribution in [2.24, 2.45) is 29.6 Å². The van der Waals surface area contributed by atoms with Gasteiger partial charge in [-0.25, -0.2) is 0 Å². The maximum atomic E-state index is 12.8. The zero-order valence-corrected chi connectivity index (χ0v) is 13.2. The number of carbonyl (C=O) groups is 1. The minimum absolute atomic E-state index is 0.349. The highest BCUT2D eigenvalue weighted by molar-refractivity contribution is 9.10. The standard InChI is InChI=1S/C17H20BrNO/c18-15-6-12(8-19-9-15)7-16(20)17-13-2-10-1-11(4-13)5-14(17)3-10/h6,8-11,13-14,17H,1-5,7H2. The second-order valence-corrected chi connectivity index (χ2v) is 8.03.